The third-order valence-electron chi connectivity index (χ3n) is 3.69. The maximum atomic E-state index is 4.54. The Bertz CT molecular complexity index is 580. The van der Waals surface area contributed by atoms with Gasteiger partial charge in [-0.25, -0.2) is 9.97 Å². The Morgan fingerprint density at radius 3 is 2.53 bits per heavy atom. The molecule has 4 nitrogen and oxygen atoms in total. The van der Waals surface area contributed by atoms with Crippen molar-refractivity contribution in [2.24, 2.45) is 5.41 Å². The van der Waals surface area contributed by atoms with Gasteiger partial charge in [-0.05, 0) is 30.7 Å². The van der Waals surface area contributed by atoms with Crippen molar-refractivity contribution in [1.29, 1.82) is 0 Å². The van der Waals surface area contributed by atoms with E-state index < -0.39 is 0 Å². The van der Waals surface area contributed by atoms with Crippen molar-refractivity contribution in [3.8, 4) is 0 Å². The minimum absolute atomic E-state index is 0.231. The molecule has 1 atom stereocenters. The smallest absolute Gasteiger partial charge is 0.226 e. The molecule has 4 heteroatoms. The molecule has 0 radical (unpaired) electrons. The lowest BCUT2D eigenvalue weighted by molar-refractivity contribution is 0.177. The Labute approximate surface area is 113 Å². The molecule has 2 aromatic rings. The average molecular weight is 254 g/mol. The fourth-order valence-corrected chi connectivity index (χ4v) is 2.86. The number of aromatic nitrogens is 3. The molecule has 1 fully saturated rings. The lowest BCUT2D eigenvalue weighted by Gasteiger charge is -2.54. The number of pyridine rings is 1. The molecule has 1 aliphatic heterocycles. The molecule has 0 aromatic carbocycles. The van der Waals surface area contributed by atoms with E-state index in [4.69, 9.17) is 0 Å². The van der Waals surface area contributed by atoms with E-state index in [1.807, 2.05) is 31.6 Å². The zero-order valence-corrected chi connectivity index (χ0v) is 11.5. The summed E-state index contributed by atoms with van der Waals surface area (Å²) in [5, 5.41) is 0. The van der Waals surface area contributed by atoms with Gasteiger partial charge in [0.25, 0.3) is 0 Å². The zero-order valence-electron chi connectivity index (χ0n) is 11.5. The second kappa shape index (κ2) is 4.30. The molecular formula is C15H18N4. The highest BCUT2D eigenvalue weighted by molar-refractivity contribution is 5.44. The number of rotatable bonds is 2. The first-order valence-electron chi connectivity index (χ1n) is 6.54. The van der Waals surface area contributed by atoms with Gasteiger partial charge in [0.15, 0.2) is 0 Å². The SMILES string of the molecule is Cc1ccnc(N2CC(C)(C)C2c2ccncc2)n1. The van der Waals surface area contributed by atoms with Gasteiger partial charge < -0.3 is 4.90 Å². The van der Waals surface area contributed by atoms with E-state index in [9.17, 15) is 0 Å². The van der Waals surface area contributed by atoms with Crippen LogP contribution in [0, 0.1) is 12.3 Å². The van der Waals surface area contributed by atoms with Crippen molar-refractivity contribution in [2.45, 2.75) is 26.8 Å². The molecule has 1 saturated heterocycles. The van der Waals surface area contributed by atoms with Crippen LogP contribution in [0.5, 0.6) is 0 Å². The van der Waals surface area contributed by atoms with Crippen LogP contribution in [0.2, 0.25) is 0 Å². The standard InChI is InChI=1S/C15H18N4/c1-11-4-9-17-14(18-11)19-10-15(2,3)13(19)12-5-7-16-8-6-12/h4-9,13H,10H2,1-3H3. The first kappa shape index (κ1) is 12.1. The maximum Gasteiger partial charge on any atom is 0.226 e. The molecule has 19 heavy (non-hydrogen) atoms. The third-order valence-corrected chi connectivity index (χ3v) is 3.69. The van der Waals surface area contributed by atoms with E-state index in [1.165, 1.54) is 5.56 Å². The summed E-state index contributed by atoms with van der Waals surface area (Å²) in [6.07, 6.45) is 5.52. The topological polar surface area (TPSA) is 41.9 Å². The summed E-state index contributed by atoms with van der Waals surface area (Å²) in [5.74, 6) is 0.820. The summed E-state index contributed by atoms with van der Waals surface area (Å²) < 4.78 is 0. The Kier molecular flexibility index (Phi) is 2.73. The molecule has 0 aliphatic carbocycles. The van der Waals surface area contributed by atoms with Gasteiger partial charge in [0, 0.05) is 36.2 Å². The molecule has 0 bridgehead atoms. The summed E-state index contributed by atoms with van der Waals surface area (Å²) in [6, 6.07) is 6.40. The Morgan fingerprint density at radius 1 is 1.16 bits per heavy atom. The van der Waals surface area contributed by atoms with Crippen molar-refractivity contribution >= 4 is 5.95 Å². The maximum absolute atomic E-state index is 4.54. The van der Waals surface area contributed by atoms with E-state index >= 15 is 0 Å². The van der Waals surface area contributed by atoms with Crippen LogP contribution in [0.4, 0.5) is 5.95 Å². The Hall–Kier alpha value is -1.97. The van der Waals surface area contributed by atoms with Crippen LogP contribution in [0.25, 0.3) is 0 Å². The van der Waals surface area contributed by atoms with Gasteiger partial charge in [0.05, 0.1) is 6.04 Å². The molecule has 0 N–H and O–H groups in total. The van der Waals surface area contributed by atoms with E-state index in [1.54, 1.807) is 0 Å². The van der Waals surface area contributed by atoms with Gasteiger partial charge in [0.1, 0.15) is 0 Å². The van der Waals surface area contributed by atoms with Crippen LogP contribution in [0.15, 0.2) is 36.8 Å². The number of hydrogen-bond acceptors (Lipinski definition) is 4. The monoisotopic (exact) mass is 254 g/mol. The number of hydrogen-bond donors (Lipinski definition) is 0. The number of nitrogens with zero attached hydrogens (tertiary/aromatic N) is 4. The van der Waals surface area contributed by atoms with Crippen LogP contribution >= 0.6 is 0 Å². The largest absolute Gasteiger partial charge is 0.333 e. The van der Waals surface area contributed by atoms with Crippen LogP contribution < -0.4 is 4.90 Å². The summed E-state index contributed by atoms with van der Waals surface area (Å²) in [4.78, 5) is 15.3. The Balaban J connectivity index is 1.96. The minimum atomic E-state index is 0.231. The zero-order chi connectivity index (χ0) is 13.5. The molecule has 3 heterocycles. The third kappa shape index (κ3) is 2.07. The lowest BCUT2D eigenvalue weighted by Crippen LogP contribution is -2.56. The van der Waals surface area contributed by atoms with Crippen LogP contribution in [0.1, 0.15) is 31.1 Å². The van der Waals surface area contributed by atoms with E-state index in [0.29, 0.717) is 6.04 Å². The average Bonchev–Trinajstić information content (AvgIpc) is 2.37. The van der Waals surface area contributed by atoms with Crippen molar-refractivity contribution in [1.82, 2.24) is 15.0 Å². The normalized spacial score (nSPS) is 21.0. The summed E-state index contributed by atoms with van der Waals surface area (Å²) >= 11 is 0. The molecule has 3 rings (SSSR count). The van der Waals surface area contributed by atoms with E-state index in [2.05, 4.69) is 45.8 Å². The molecule has 1 unspecified atom stereocenters. The predicted octanol–water partition coefficient (Wildman–Crippen LogP) is 2.77. The summed E-state index contributed by atoms with van der Waals surface area (Å²) in [7, 11) is 0. The van der Waals surface area contributed by atoms with E-state index in [-0.39, 0.29) is 5.41 Å². The second-order valence-electron chi connectivity index (χ2n) is 5.80. The highest BCUT2D eigenvalue weighted by Crippen LogP contribution is 2.49. The summed E-state index contributed by atoms with van der Waals surface area (Å²) in [6.45, 7) is 7.54. The van der Waals surface area contributed by atoms with Gasteiger partial charge >= 0.3 is 0 Å². The second-order valence-corrected chi connectivity index (χ2v) is 5.80. The van der Waals surface area contributed by atoms with Crippen molar-refractivity contribution in [3.63, 3.8) is 0 Å². The van der Waals surface area contributed by atoms with Gasteiger partial charge in [-0.3, -0.25) is 4.98 Å². The fraction of sp³-hybridized carbons (Fsp3) is 0.400. The van der Waals surface area contributed by atoms with Crippen molar-refractivity contribution < 1.29 is 0 Å². The molecule has 0 saturated carbocycles. The van der Waals surface area contributed by atoms with Crippen LogP contribution in [0.3, 0.4) is 0 Å². The molecule has 98 valence electrons. The van der Waals surface area contributed by atoms with Gasteiger partial charge in [0.2, 0.25) is 5.95 Å². The molecule has 0 amide bonds. The van der Waals surface area contributed by atoms with E-state index in [0.717, 1.165) is 18.2 Å². The first-order chi connectivity index (χ1) is 9.08. The van der Waals surface area contributed by atoms with Crippen molar-refractivity contribution in [2.75, 3.05) is 11.4 Å². The fourth-order valence-electron chi connectivity index (χ4n) is 2.86. The first-order valence-corrected chi connectivity index (χ1v) is 6.54. The van der Waals surface area contributed by atoms with Crippen LogP contribution in [-0.2, 0) is 0 Å². The molecular weight excluding hydrogens is 236 g/mol. The van der Waals surface area contributed by atoms with Crippen molar-refractivity contribution in [3.05, 3.63) is 48.0 Å². The van der Waals surface area contributed by atoms with Crippen LogP contribution in [-0.4, -0.2) is 21.5 Å². The lowest BCUT2D eigenvalue weighted by atomic mass is 9.72. The predicted molar refractivity (Wildman–Crippen MR) is 74.9 cm³/mol. The highest BCUT2D eigenvalue weighted by Gasteiger charge is 2.47. The van der Waals surface area contributed by atoms with Gasteiger partial charge in [-0.1, -0.05) is 13.8 Å². The highest BCUT2D eigenvalue weighted by atomic mass is 15.3. The number of anilines is 1. The minimum Gasteiger partial charge on any atom is -0.333 e. The van der Waals surface area contributed by atoms with Gasteiger partial charge in [-0.2, -0.15) is 0 Å². The summed E-state index contributed by atoms with van der Waals surface area (Å²) in [5.41, 5.74) is 2.51. The molecule has 0 spiro atoms. The number of aryl methyl sites for hydroxylation is 1. The molecule has 2 aromatic heterocycles. The molecule has 1 aliphatic rings. The van der Waals surface area contributed by atoms with Gasteiger partial charge in [-0.15, -0.1) is 0 Å². The quantitative estimate of drug-likeness (QED) is 0.826. The Morgan fingerprint density at radius 2 is 1.89 bits per heavy atom.